The minimum atomic E-state index is 0.0899. The van der Waals surface area contributed by atoms with Gasteiger partial charge >= 0.3 is 0 Å². The molecular weight excluding hydrogens is 266 g/mol. The highest BCUT2D eigenvalue weighted by Crippen LogP contribution is 2.29. The lowest BCUT2D eigenvalue weighted by molar-refractivity contribution is -0.137. The molecule has 2 atom stereocenters. The molecular formula is C16H29N3O2. The van der Waals surface area contributed by atoms with Gasteiger partial charge in [-0.3, -0.25) is 9.59 Å². The van der Waals surface area contributed by atoms with Crippen LogP contribution in [0.1, 0.15) is 52.4 Å². The Morgan fingerprint density at radius 2 is 1.52 bits per heavy atom. The van der Waals surface area contributed by atoms with Crippen molar-refractivity contribution >= 4 is 11.8 Å². The summed E-state index contributed by atoms with van der Waals surface area (Å²) in [5, 5.41) is 3.60. The van der Waals surface area contributed by atoms with E-state index in [1.807, 2.05) is 25.8 Å². The first-order valence-corrected chi connectivity index (χ1v) is 8.34. The highest BCUT2D eigenvalue weighted by Gasteiger charge is 2.36. The van der Waals surface area contributed by atoms with Gasteiger partial charge in [0.2, 0.25) is 11.8 Å². The lowest BCUT2D eigenvalue weighted by atomic mass is 9.98. The van der Waals surface area contributed by atoms with Gasteiger partial charge in [-0.2, -0.15) is 0 Å². The van der Waals surface area contributed by atoms with E-state index < -0.39 is 0 Å². The maximum Gasteiger partial charge on any atom is 0.223 e. The Labute approximate surface area is 128 Å². The molecule has 2 amide bonds. The summed E-state index contributed by atoms with van der Waals surface area (Å²) in [7, 11) is 1.90. The molecule has 2 heterocycles. The monoisotopic (exact) mass is 295 g/mol. The second-order valence-electron chi connectivity index (χ2n) is 6.33. The molecule has 0 aromatic heterocycles. The van der Waals surface area contributed by atoms with Crippen molar-refractivity contribution in [2.75, 3.05) is 20.1 Å². The molecule has 2 fully saturated rings. The summed E-state index contributed by atoms with van der Waals surface area (Å²) in [6.45, 7) is 5.38. The van der Waals surface area contributed by atoms with Crippen LogP contribution in [0.4, 0.5) is 0 Å². The summed E-state index contributed by atoms with van der Waals surface area (Å²) in [5.74, 6) is 0.203. The molecule has 0 spiro atoms. The first kappa shape index (κ1) is 16.3. The van der Waals surface area contributed by atoms with Crippen LogP contribution in [0.25, 0.3) is 0 Å². The van der Waals surface area contributed by atoms with Crippen molar-refractivity contribution in [1.82, 2.24) is 15.1 Å². The minimum Gasteiger partial charge on any atom is -0.343 e. The SMILES string of the molecule is CCN(CC)C(=O)CCC(=O)N(C)C1CC2CCC(C1)N2. The second kappa shape index (κ2) is 7.25. The van der Waals surface area contributed by atoms with Gasteiger partial charge in [-0.1, -0.05) is 0 Å². The van der Waals surface area contributed by atoms with Crippen LogP contribution in [0.5, 0.6) is 0 Å². The molecule has 5 nitrogen and oxygen atoms in total. The molecule has 2 saturated heterocycles. The second-order valence-corrected chi connectivity index (χ2v) is 6.33. The molecule has 2 aliphatic heterocycles. The van der Waals surface area contributed by atoms with E-state index in [1.165, 1.54) is 12.8 Å². The van der Waals surface area contributed by atoms with Gasteiger partial charge in [0.1, 0.15) is 0 Å². The standard InChI is InChI=1S/C16H29N3O2/c1-4-19(5-2)16(21)9-8-15(20)18(3)14-10-12-6-7-13(11-14)17-12/h12-14,17H,4-11H2,1-3H3. The van der Waals surface area contributed by atoms with Crippen LogP contribution in [0.15, 0.2) is 0 Å². The van der Waals surface area contributed by atoms with Crippen LogP contribution in [0.3, 0.4) is 0 Å². The summed E-state index contributed by atoms with van der Waals surface area (Å²) in [4.78, 5) is 28.0. The Hall–Kier alpha value is -1.10. The van der Waals surface area contributed by atoms with E-state index >= 15 is 0 Å². The first-order valence-electron chi connectivity index (χ1n) is 8.34. The molecule has 2 aliphatic rings. The average Bonchev–Trinajstić information content (AvgIpc) is 2.83. The normalized spacial score (nSPS) is 27.5. The van der Waals surface area contributed by atoms with Gasteiger partial charge < -0.3 is 15.1 Å². The molecule has 5 heteroatoms. The molecule has 0 aromatic rings. The third-order valence-electron chi connectivity index (χ3n) is 5.06. The van der Waals surface area contributed by atoms with Crippen LogP contribution in [-0.4, -0.2) is 59.9 Å². The van der Waals surface area contributed by atoms with Crippen LogP contribution in [0, 0.1) is 0 Å². The van der Waals surface area contributed by atoms with Gasteiger partial charge in [0.15, 0.2) is 0 Å². The maximum atomic E-state index is 12.3. The van der Waals surface area contributed by atoms with E-state index in [4.69, 9.17) is 0 Å². The number of amides is 2. The zero-order valence-corrected chi connectivity index (χ0v) is 13.6. The van der Waals surface area contributed by atoms with Crippen LogP contribution >= 0.6 is 0 Å². The number of hydrogen-bond donors (Lipinski definition) is 1. The predicted molar refractivity (Wildman–Crippen MR) is 82.9 cm³/mol. The van der Waals surface area contributed by atoms with Gasteiger partial charge in [-0.15, -0.1) is 0 Å². The van der Waals surface area contributed by atoms with E-state index in [-0.39, 0.29) is 11.8 Å². The number of nitrogens with one attached hydrogen (secondary N) is 1. The van der Waals surface area contributed by atoms with E-state index in [0.717, 1.165) is 25.9 Å². The fourth-order valence-corrected chi connectivity index (χ4v) is 3.67. The molecule has 0 saturated carbocycles. The Balaban J connectivity index is 1.79. The van der Waals surface area contributed by atoms with Crippen molar-refractivity contribution in [3.05, 3.63) is 0 Å². The van der Waals surface area contributed by atoms with E-state index in [2.05, 4.69) is 5.32 Å². The zero-order valence-electron chi connectivity index (χ0n) is 13.6. The van der Waals surface area contributed by atoms with Gasteiger partial charge in [-0.05, 0) is 39.5 Å². The summed E-state index contributed by atoms with van der Waals surface area (Å²) < 4.78 is 0. The summed E-state index contributed by atoms with van der Waals surface area (Å²) in [5.41, 5.74) is 0. The number of carbonyl (C=O) groups excluding carboxylic acids is 2. The molecule has 2 bridgehead atoms. The minimum absolute atomic E-state index is 0.0899. The van der Waals surface area contributed by atoms with Gasteiger partial charge in [-0.25, -0.2) is 0 Å². The molecule has 21 heavy (non-hydrogen) atoms. The van der Waals surface area contributed by atoms with Crippen molar-refractivity contribution < 1.29 is 9.59 Å². The average molecular weight is 295 g/mol. The molecule has 0 aromatic carbocycles. The van der Waals surface area contributed by atoms with Crippen molar-refractivity contribution in [3.63, 3.8) is 0 Å². The lowest BCUT2D eigenvalue weighted by Gasteiger charge is -2.35. The highest BCUT2D eigenvalue weighted by atomic mass is 16.2. The van der Waals surface area contributed by atoms with Crippen molar-refractivity contribution in [3.8, 4) is 0 Å². The molecule has 120 valence electrons. The topological polar surface area (TPSA) is 52.7 Å². The van der Waals surface area contributed by atoms with Crippen LogP contribution in [0.2, 0.25) is 0 Å². The van der Waals surface area contributed by atoms with E-state index in [9.17, 15) is 9.59 Å². The lowest BCUT2D eigenvalue weighted by Crippen LogP contribution is -2.48. The number of piperidine rings is 1. The fourth-order valence-electron chi connectivity index (χ4n) is 3.67. The Bertz CT molecular complexity index is 370. The molecule has 2 rings (SSSR count). The Kier molecular flexibility index (Phi) is 5.62. The summed E-state index contributed by atoms with van der Waals surface area (Å²) in [6.07, 6.45) is 5.27. The van der Waals surface area contributed by atoms with Crippen LogP contribution in [-0.2, 0) is 9.59 Å². The third-order valence-corrected chi connectivity index (χ3v) is 5.06. The van der Waals surface area contributed by atoms with Gasteiger partial charge in [0.05, 0.1) is 0 Å². The van der Waals surface area contributed by atoms with E-state index in [0.29, 0.717) is 31.0 Å². The smallest absolute Gasteiger partial charge is 0.223 e. The molecule has 2 unspecified atom stereocenters. The maximum absolute atomic E-state index is 12.3. The quantitative estimate of drug-likeness (QED) is 0.805. The fraction of sp³-hybridized carbons (Fsp3) is 0.875. The molecule has 0 aliphatic carbocycles. The summed E-state index contributed by atoms with van der Waals surface area (Å²) >= 11 is 0. The molecule has 0 radical (unpaired) electrons. The molecule has 1 N–H and O–H groups in total. The van der Waals surface area contributed by atoms with Gasteiger partial charge in [0.25, 0.3) is 0 Å². The number of rotatable bonds is 6. The summed E-state index contributed by atoms with van der Waals surface area (Å²) in [6, 6.07) is 1.52. The van der Waals surface area contributed by atoms with Crippen molar-refractivity contribution in [2.24, 2.45) is 0 Å². The number of hydrogen-bond acceptors (Lipinski definition) is 3. The highest BCUT2D eigenvalue weighted by molar-refractivity contribution is 5.83. The van der Waals surface area contributed by atoms with E-state index in [1.54, 1.807) is 4.90 Å². The number of fused-ring (bicyclic) bond motifs is 2. The number of carbonyl (C=O) groups is 2. The van der Waals surface area contributed by atoms with Crippen LogP contribution < -0.4 is 5.32 Å². The van der Waals surface area contributed by atoms with Crippen molar-refractivity contribution in [2.45, 2.75) is 70.5 Å². The van der Waals surface area contributed by atoms with Crippen molar-refractivity contribution in [1.29, 1.82) is 0 Å². The largest absolute Gasteiger partial charge is 0.343 e. The Morgan fingerprint density at radius 1 is 1.00 bits per heavy atom. The Morgan fingerprint density at radius 3 is 2.05 bits per heavy atom. The zero-order chi connectivity index (χ0) is 15.4. The number of nitrogens with zero attached hydrogens (tertiary/aromatic N) is 2. The first-order chi connectivity index (χ1) is 10.0. The third kappa shape index (κ3) is 3.96. The predicted octanol–water partition coefficient (Wildman–Crippen LogP) is 1.38. The van der Waals surface area contributed by atoms with Gasteiger partial charge in [0, 0.05) is 51.1 Å².